The van der Waals surface area contributed by atoms with Gasteiger partial charge in [0.25, 0.3) is 0 Å². The molecule has 1 aromatic carbocycles. The Labute approximate surface area is 217 Å². The summed E-state index contributed by atoms with van der Waals surface area (Å²) in [6.07, 6.45) is -2.41. The van der Waals surface area contributed by atoms with Crippen LogP contribution < -0.4 is 4.90 Å². The fourth-order valence-corrected chi connectivity index (χ4v) is 6.08. The lowest BCUT2D eigenvalue weighted by Crippen LogP contribution is -2.59. The molecule has 2 atom stereocenters. The Morgan fingerprint density at radius 3 is 2.43 bits per heavy atom. The van der Waals surface area contributed by atoms with E-state index in [2.05, 4.69) is 27.0 Å². The molecular weight excluding hydrogens is 503 g/mol. The van der Waals surface area contributed by atoms with E-state index in [0.29, 0.717) is 23.1 Å². The molecule has 0 unspecified atom stereocenters. The fourth-order valence-electron chi connectivity index (χ4n) is 5.17. The van der Waals surface area contributed by atoms with Gasteiger partial charge in [-0.3, -0.25) is 9.80 Å². The number of halogens is 3. The molecule has 4 heterocycles. The van der Waals surface area contributed by atoms with Gasteiger partial charge in [0, 0.05) is 38.9 Å². The molecular formula is C26H30F3N5O2S. The Morgan fingerprint density at radius 2 is 1.78 bits per heavy atom. The van der Waals surface area contributed by atoms with Crippen LogP contribution in [0, 0.1) is 0 Å². The maximum Gasteiger partial charge on any atom is 0.417 e. The van der Waals surface area contributed by atoms with Crippen molar-refractivity contribution in [3.05, 3.63) is 53.7 Å². The van der Waals surface area contributed by atoms with Gasteiger partial charge in [0.15, 0.2) is 5.13 Å². The van der Waals surface area contributed by atoms with Crippen molar-refractivity contribution in [2.24, 2.45) is 0 Å². The Kier molecular flexibility index (Phi) is 7.26. The van der Waals surface area contributed by atoms with Crippen molar-refractivity contribution in [2.75, 3.05) is 31.1 Å². The zero-order valence-electron chi connectivity index (χ0n) is 20.8. The number of thiazole rings is 1. The Hall–Kier alpha value is -2.92. The van der Waals surface area contributed by atoms with Crippen molar-refractivity contribution in [3.8, 4) is 0 Å². The Balaban J connectivity index is 1.16. The van der Waals surface area contributed by atoms with Gasteiger partial charge >= 0.3 is 12.3 Å². The number of fused-ring (bicyclic) bond motifs is 1. The number of hydrogen-bond acceptors (Lipinski definition) is 7. The summed E-state index contributed by atoms with van der Waals surface area (Å²) >= 11 is 1.26. The van der Waals surface area contributed by atoms with Gasteiger partial charge in [0.2, 0.25) is 0 Å². The first kappa shape index (κ1) is 25.7. The SMILES string of the molecule is C[C@@H]1CN(c2nc3cc(C(F)(F)F)cnc3s2)C[C@H](C)N1C(=O)OC1CCN(Cc2ccccc2)CC1. The minimum absolute atomic E-state index is 0.102. The first-order valence-electron chi connectivity index (χ1n) is 12.5. The quantitative estimate of drug-likeness (QED) is 0.447. The number of benzene rings is 1. The van der Waals surface area contributed by atoms with Crippen molar-refractivity contribution < 1.29 is 22.7 Å². The van der Waals surface area contributed by atoms with Crippen molar-refractivity contribution in [1.29, 1.82) is 0 Å². The van der Waals surface area contributed by atoms with Crippen molar-refractivity contribution in [3.63, 3.8) is 0 Å². The summed E-state index contributed by atoms with van der Waals surface area (Å²) in [5, 5.41) is 0.610. The highest BCUT2D eigenvalue weighted by Gasteiger charge is 2.37. The molecule has 2 saturated heterocycles. The highest BCUT2D eigenvalue weighted by molar-refractivity contribution is 7.21. The molecule has 11 heteroatoms. The number of nitrogens with zero attached hydrogens (tertiary/aromatic N) is 5. The number of carbonyl (C=O) groups excluding carboxylic acids is 1. The number of piperidine rings is 1. The summed E-state index contributed by atoms with van der Waals surface area (Å²) < 4.78 is 45.1. The Bertz CT molecular complexity index is 1220. The van der Waals surface area contributed by atoms with Gasteiger partial charge < -0.3 is 9.64 Å². The first-order chi connectivity index (χ1) is 17.7. The van der Waals surface area contributed by atoms with E-state index in [1.165, 1.54) is 16.9 Å². The number of alkyl halides is 3. The van der Waals surface area contributed by atoms with Gasteiger partial charge in [-0.1, -0.05) is 41.7 Å². The summed E-state index contributed by atoms with van der Waals surface area (Å²) in [5.74, 6) is 0. The molecule has 2 aliphatic heterocycles. The lowest BCUT2D eigenvalue weighted by Gasteiger charge is -2.44. The molecule has 0 radical (unpaired) electrons. The number of piperazine rings is 1. The molecule has 2 fully saturated rings. The molecule has 7 nitrogen and oxygen atoms in total. The highest BCUT2D eigenvalue weighted by Crippen LogP contribution is 2.35. The smallest absolute Gasteiger partial charge is 0.417 e. The van der Waals surface area contributed by atoms with Crippen LogP contribution in [0.5, 0.6) is 0 Å². The summed E-state index contributed by atoms with van der Waals surface area (Å²) in [6, 6.07) is 11.1. The van der Waals surface area contributed by atoms with Gasteiger partial charge in [0.05, 0.1) is 17.6 Å². The summed E-state index contributed by atoms with van der Waals surface area (Å²) in [6.45, 7) is 7.61. The normalized spacial score (nSPS) is 22.0. The van der Waals surface area contributed by atoms with E-state index in [4.69, 9.17) is 4.74 Å². The van der Waals surface area contributed by atoms with E-state index in [1.807, 2.05) is 36.9 Å². The number of amides is 1. The van der Waals surface area contributed by atoms with E-state index in [-0.39, 0.29) is 29.8 Å². The van der Waals surface area contributed by atoms with Crippen LogP contribution in [0.3, 0.4) is 0 Å². The molecule has 37 heavy (non-hydrogen) atoms. The second-order valence-electron chi connectivity index (χ2n) is 9.90. The van der Waals surface area contributed by atoms with Crippen LogP contribution in [0.1, 0.15) is 37.8 Å². The summed E-state index contributed by atoms with van der Waals surface area (Å²) in [7, 11) is 0. The summed E-state index contributed by atoms with van der Waals surface area (Å²) in [4.78, 5) is 28.1. The number of likely N-dealkylation sites (tertiary alicyclic amines) is 1. The summed E-state index contributed by atoms with van der Waals surface area (Å²) in [5.41, 5.74) is 0.704. The van der Waals surface area contributed by atoms with E-state index < -0.39 is 11.7 Å². The Morgan fingerprint density at radius 1 is 1.11 bits per heavy atom. The van der Waals surface area contributed by atoms with Crippen LogP contribution in [0.15, 0.2) is 42.6 Å². The van der Waals surface area contributed by atoms with Crippen LogP contribution in [-0.2, 0) is 17.5 Å². The molecule has 0 bridgehead atoms. The van der Waals surface area contributed by atoms with E-state index in [1.54, 1.807) is 4.90 Å². The van der Waals surface area contributed by atoms with Crippen molar-refractivity contribution in [1.82, 2.24) is 19.8 Å². The predicted molar refractivity (Wildman–Crippen MR) is 137 cm³/mol. The highest BCUT2D eigenvalue weighted by atomic mass is 32.1. The molecule has 5 rings (SSSR count). The molecule has 0 saturated carbocycles. The molecule has 0 aliphatic carbocycles. The molecule has 2 aliphatic rings. The van der Waals surface area contributed by atoms with E-state index in [9.17, 15) is 18.0 Å². The topological polar surface area (TPSA) is 61.8 Å². The zero-order valence-corrected chi connectivity index (χ0v) is 21.6. The van der Waals surface area contributed by atoms with Crippen LogP contribution in [0.4, 0.5) is 23.1 Å². The van der Waals surface area contributed by atoms with Gasteiger partial charge in [-0.25, -0.2) is 14.8 Å². The lowest BCUT2D eigenvalue weighted by atomic mass is 10.1. The van der Waals surface area contributed by atoms with Crippen molar-refractivity contribution >= 4 is 32.9 Å². The molecule has 0 N–H and O–H groups in total. The third kappa shape index (κ3) is 5.82. The van der Waals surface area contributed by atoms with Gasteiger partial charge in [0.1, 0.15) is 16.5 Å². The predicted octanol–water partition coefficient (Wildman–Crippen LogP) is 5.41. The number of rotatable bonds is 4. The molecule has 0 spiro atoms. The largest absolute Gasteiger partial charge is 0.446 e. The number of aromatic nitrogens is 2. The van der Waals surface area contributed by atoms with Gasteiger partial charge in [-0.05, 0) is 38.3 Å². The van der Waals surface area contributed by atoms with Crippen LogP contribution >= 0.6 is 11.3 Å². The maximum atomic E-state index is 13.1. The average Bonchev–Trinajstić information content (AvgIpc) is 3.29. The van der Waals surface area contributed by atoms with Gasteiger partial charge in [-0.15, -0.1) is 0 Å². The first-order valence-corrected chi connectivity index (χ1v) is 13.3. The number of ether oxygens (including phenoxy) is 1. The number of anilines is 1. The minimum atomic E-state index is -4.46. The monoisotopic (exact) mass is 533 g/mol. The van der Waals surface area contributed by atoms with Crippen LogP contribution in [0.25, 0.3) is 10.3 Å². The minimum Gasteiger partial charge on any atom is -0.446 e. The van der Waals surface area contributed by atoms with E-state index >= 15 is 0 Å². The number of pyridine rings is 1. The van der Waals surface area contributed by atoms with E-state index in [0.717, 1.165) is 44.7 Å². The number of carbonyl (C=O) groups is 1. The van der Waals surface area contributed by atoms with Crippen LogP contribution in [0.2, 0.25) is 0 Å². The second-order valence-corrected chi connectivity index (χ2v) is 10.9. The molecule has 1 amide bonds. The third-order valence-corrected chi connectivity index (χ3v) is 8.05. The lowest BCUT2D eigenvalue weighted by molar-refractivity contribution is -0.137. The van der Waals surface area contributed by atoms with Gasteiger partial charge in [-0.2, -0.15) is 13.2 Å². The zero-order chi connectivity index (χ0) is 26.2. The van der Waals surface area contributed by atoms with Crippen molar-refractivity contribution in [2.45, 2.75) is 57.6 Å². The molecule has 3 aromatic rings. The fraction of sp³-hybridized carbons (Fsp3) is 0.500. The maximum absolute atomic E-state index is 13.1. The van der Waals surface area contributed by atoms with Crippen LogP contribution in [-0.4, -0.2) is 70.2 Å². The third-order valence-electron chi connectivity index (χ3n) is 7.02. The second kappa shape index (κ2) is 10.4. The average molecular weight is 534 g/mol. The standard InChI is InChI=1S/C26H30F3N5O2S/c1-17-14-33(24-31-22-12-20(26(27,28)29)13-30-23(22)37-24)15-18(2)34(17)25(35)36-21-8-10-32(11-9-21)16-19-6-4-3-5-7-19/h3-7,12-13,17-18,21H,8-11,14-16H2,1-2H3/t17-,18+. The number of hydrogen-bond donors (Lipinski definition) is 0. The molecule has 2 aromatic heterocycles. The molecule has 198 valence electrons.